The number of hydrogen-bond acceptors (Lipinski definition) is 2. The number of anilines is 3. The summed E-state index contributed by atoms with van der Waals surface area (Å²) in [5.74, 6) is 0. The van der Waals surface area contributed by atoms with Crippen LogP contribution in [0.2, 0.25) is 0 Å². The Balaban J connectivity index is 1.07. The molecular weight excluding hydrogens is 683 g/mol. The molecule has 0 saturated carbocycles. The standard InChI is InChI=1S/C53H35NS/c1-3-14-36(15-4-1)37-26-30-42(31-27-37)54(41-18-5-2-6-19-41)43-32-28-38(29-33-43)44-22-13-25-49-52(44)55-51-35-40-17-8-7-16-39(40)34-50(51)53(49)47-23-11-9-20-45(47)46-21-10-12-24-48(46)53/h1-35H. The molecule has 0 radical (unpaired) electrons. The van der Waals surface area contributed by atoms with E-state index in [0.29, 0.717) is 0 Å². The van der Waals surface area contributed by atoms with Crippen LogP contribution in [-0.4, -0.2) is 0 Å². The maximum Gasteiger partial charge on any atom is 0.0735 e. The molecule has 9 aromatic carbocycles. The minimum Gasteiger partial charge on any atom is -0.311 e. The number of para-hydroxylation sites is 1. The number of hydrogen-bond donors (Lipinski definition) is 0. The topological polar surface area (TPSA) is 3.24 Å². The molecule has 0 aromatic heterocycles. The van der Waals surface area contributed by atoms with E-state index in [1.807, 2.05) is 11.8 Å². The fourth-order valence-electron chi connectivity index (χ4n) is 9.08. The van der Waals surface area contributed by atoms with E-state index in [0.717, 1.165) is 17.1 Å². The van der Waals surface area contributed by atoms with Gasteiger partial charge in [0.15, 0.2) is 0 Å². The first-order chi connectivity index (χ1) is 27.3. The van der Waals surface area contributed by atoms with Crippen LogP contribution in [-0.2, 0) is 5.41 Å². The van der Waals surface area contributed by atoms with Crippen molar-refractivity contribution in [2.45, 2.75) is 15.2 Å². The molecule has 0 bridgehead atoms. The van der Waals surface area contributed by atoms with E-state index in [1.165, 1.54) is 76.2 Å². The first-order valence-electron chi connectivity index (χ1n) is 18.9. The van der Waals surface area contributed by atoms with Gasteiger partial charge in [-0.25, -0.2) is 0 Å². The molecule has 1 aliphatic heterocycles. The van der Waals surface area contributed by atoms with Crippen molar-refractivity contribution in [2.24, 2.45) is 0 Å². The van der Waals surface area contributed by atoms with Crippen LogP contribution in [0.5, 0.6) is 0 Å². The van der Waals surface area contributed by atoms with Gasteiger partial charge in [-0.2, -0.15) is 0 Å². The zero-order valence-corrected chi connectivity index (χ0v) is 30.9. The summed E-state index contributed by atoms with van der Waals surface area (Å²) in [5.41, 5.74) is 15.9. The number of nitrogens with zero attached hydrogens (tertiary/aromatic N) is 1. The van der Waals surface area contributed by atoms with Crippen molar-refractivity contribution in [3.05, 3.63) is 235 Å². The van der Waals surface area contributed by atoms with Crippen molar-refractivity contribution in [3.63, 3.8) is 0 Å². The summed E-state index contributed by atoms with van der Waals surface area (Å²) in [6.45, 7) is 0. The summed E-state index contributed by atoms with van der Waals surface area (Å²) in [4.78, 5) is 4.98. The first kappa shape index (κ1) is 31.9. The molecule has 2 aliphatic rings. The lowest BCUT2D eigenvalue weighted by molar-refractivity contribution is 0.725. The lowest BCUT2D eigenvalue weighted by atomic mass is 9.66. The van der Waals surface area contributed by atoms with Gasteiger partial charge >= 0.3 is 0 Å². The van der Waals surface area contributed by atoms with Crippen molar-refractivity contribution in [3.8, 4) is 33.4 Å². The van der Waals surface area contributed by atoms with Gasteiger partial charge in [-0.3, -0.25) is 0 Å². The zero-order chi connectivity index (χ0) is 36.3. The lowest BCUT2D eigenvalue weighted by Crippen LogP contribution is -2.32. The van der Waals surface area contributed by atoms with Crippen LogP contribution in [0.25, 0.3) is 44.2 Å². The molecular formula is C53H35NS. The highest BCUT2D eigenvalue weighted by molar-refractivity contribution is 7.99. The molecule has 0 amide bonds. The molecule has 0 saturated heterocycles. The minimum absolute atomic E-state index is 0.431. The van der Waals surface area contributed by atoms with Gasteiger partial charge in [0.2, 0.25) is 0 Å². The predicted octanol–water partition coefficient (Wildman–Crippen LogP) is 14.5. The average molecular weight is 718 g/mol. The monoisotopic (exact) mass is 717 g/mol. The summed E-state index contributed by atoms with van der Waals surface area (Å²) in [7, 11) is 0. The smallest absolute Gasteiger partial charge is 0.0735 e. The van der Waals surface area contributed by atoms with Crippen LogP contribution in [0.15, 0.2) is 222 Å². The maximum atomic E-state index is 2.46. The number of rotatable bonds is 5. The summed E-state index contributed by atoms with van der Waals surface area (Å²) in [6, 6.07) is 78.1. The van der Waals surface area contributed by atoms with Crippen LogP contribution >= 0.6 is 11.8 Å². The van der Waals surface area contributed by atoms with E-state index in [1.54, 1.807) is 0 Å². The lowest BCUT2D eigenvalue weighted by Gasteiger charge is -2.40. The number of fused-ring (bicyclic) bond motifs is 10. The molecule has 2 heteroatoms. The first-order valence-corrected chi connectivity index (χ1v) is 19.7. The van der Waals surface area contributed by atoms with Gasteiger partial charge < -0.3 is 4.90 Å². The quantitative estimate of drug-likeness (QED) is 0.174. The van der Waals surface area contributed by atoms with Crippen molar-refractivity contribution >= 4 is 39.6 Å². The van der Waals surface area contributed by atoms with Gasteiger partial charge in [0, 0.05) is 26.9 Å². The molecule has 0 atom stereocenters. The Labute approximate surface area is 326 Å². The molecule has 9 aromatic rings. The van der Waals surface area contributed by atoms with Gasteiger partial charge in [0.1, 0.15) is 0 Å². The SMILES string of the molecule is c1ccc(-c2ccc(N(c3ccccc3)c3ccc(-c4cccc5c4Sc4cc6ccccc6cc4C54c5ccccc5-c5ccccc54)cc3)cc2)cc1. The normalized spacial score (nSPS) is 13.2. The highest BCUT2D eigenvalue weighted by Crippen LogP contribution is 2.63. The molecule has 11 rings (SSSR count). The molecule has 0 N–H and O–H groups in total. The third-order valence-corrected chi connectivity index (χ3v) is 12.7. The van der Waals surface area contributed by atoms with Crippen molar-refractivity contribution in [2.75, 3.05) is 4.90 Å². The minimum atomic E-state index is -0.431. The molecule has 0 unspecified atom stereocenters. The fraction of sp³-hybridized carbons (Fsp3) is 0.0189. The Morgan fingerprint density at radius 1 is 0.327 bits per heavy atom. The number of benzene rings is 9. The van der Waals surface area contributed by atoms with Gasteiger partial charge in [-0.1, -0.05) is 176 Å². The van der Waals surface area contributed by atoms with Gasteiger partial charge in [0.25, 0.3) is 0 Å². The maximum absolute atomic E-state index is 2.46. The molecule has 1 spiro atoms. The van der Waals surface area contributed by atoms with Crippen LogP contribution < -0.4 is 4.90 Å². The van der Waals surface area contributed by atoms with Gasteiger partial charge in [0.05, 0.1) is 5.41 Å². The zero-order valence-electron chi connectivity index (χ0n) is 30.1. The van der Waals surface area contributed by atoms with Crippen molar-refractivity contribution < 1.29 is 0 Å². The second kappa shape index (κ2) is 12.8. The Morgan fingerprint density at radius 2 is 0.800 bits per heavy atom. The van der Waals surface area contributed by atoms with Gasteiger partial charge in [-0.05, 0) is 115 Å². The Bertz CT molecular complexity index is 2830. The van der Waals surface area contributed by atoms with E-state index in [-0.39, 0.29) is 0 Å². The third kappa shape index (κ3) is 4.95. The Kier molecular flexibility index (Phi) is 7.40. The molecule has 55 heavy (non-hydrogen) atoms. The molecule has 258 valence electrons. The van der Waals surface area contributed by atoms with Crippen molar-refractivity contribution in [1.82, 2.24) is 0 Å². The van der Waals surface area contributed by atoms with E-state index in [2.05, 4.69) is 217 Å². The van der Waals surface area contributed by atoms with Crippen LogP contribution in [0.3, 0.4) is 0 Å². The second-order valence-electron chi connectivity index (χ2n) is 14.5. The largest absolute Gasteiger partial charge is 0.311 e. The van der Waals surface area contributed by atoms with Gasteiger partial charge in [-0.15, -0.1) is 0 Å². The molecule has 1 nitrogen and oxygen atoms in total. The molecule has 1 heterocycles. The predicted molar refractivity (Wildman–Crippen MR) is 231 cm³/mol. The van der Waals surface area contributed by atoms with Crippen LogP contribution in [0.1, 0.15) is 22.3 Å². The highest BCUT2D eigenvalue weighted by atomic mass is 32.2. The van der Waals surface area contributed by atoms with E-state index in [4.69, 9.17) is 0 Å². The van der Waals surface area contributed by atoms with Crippen LogP contribution in [0, 0.1) is 0 Å². The average Bonchev–Trinajstić information content (AvgIpc) is 3.55. The van der Waals surface area contributed by atoms with Crippen molar-refractivity contribution in [1.29, 1.82) is 0 Å². The van der Waals surface area contributed by atoms with E-state index < -0.39 is 5.41 Å². The summed E-state index contributed by atoms with van der Waals surface area (Å²) in [6.07, 6.45) is 0. The summed E-state index contributed by atoms with van der Waals surface area (Å²) in [5, 5.41) is 2.54. The second-order valence-corrected chi connectivity index (χ2v) is 15.5. The highest BCUT2D eigenvalue weighted by Gasteiger charge is 2.50. The summed E-state index contributed by atoms with van der Waals surface area (Å²) >= 11 is 1.92. The summed E-state index contributed by atoms with van der Waals surface area (Å²) < 4.78 is 0. The van der Waals surface area contributed by atoms with E-state index in [9.17, 15) is 0 Å². The van der Waals surface area contributed by atoms with E-state index >= 15 is 0 Å². The fourth-order valence-corrected chi connectivity index (χ4v) is 10.4. The Morgan fingerprint density at radius 3 is 1.45 bits per heavy atom. The Hall–Kier alpha value is -6.61. The third-order valence-electron chi connectivity index (χ3n) is 11.5. The molecule has 0 fully saturated rings. The van der Waals surface area contributed by atoms with Crippen LogP contribution in [0.4, 0.5) is 17.1 Å². The molecule has 1 aliphatic carbocycles.